The van der Waals surface area contributed by atoms with Crippen LogP contribution in [0.15, 0.2) is 42.6 Å². The number of likely N-dealkylation sites (tertiary alicyclic amines) is 1. The molecule has 1 aromatic carbocycles. The molecule has 5 rings (SSSR count). The van der Waals surface area contributed by atoms with E-state index in [2.05, 4.69) is 55.7 Å². The molecule has 1 amide bonds. The van der Waals surface area contributed by atoms with Crippen LogP contribution in [0.2, 0.25) is 0 Å². The average molecular weight is 446 g/mol. The first-order valence-corrected chi connectivity index (χ1v) is 12.7. The number of rotatable bonds is 7. The first-order chi connectivity index (χ1) is 16.3. The number of carbonyl (C=O) groups is 1. The van der Waals surface area contributed by atoms with Gasteiger partial charge in [0.05, 0.1) is 10.9 Å². The van der Waals surface area contributed by atoms with E-state index in [1.807, 2.05) is 12.3 Å². The largest absolute Gasteiger partial charge is 0.367 e. The predicted molar refractivity (Wildman–Crippen MR) is 132 cm³/mol. The molecule has 0 spiro atoms. The second-order valence-electron chi connectivity index (χ2n) is 9.77. The summed E-state index contributed by atoms with van der Waals surface area (Å²) < 4.78 is 0. The summed E-state index contributed by atoms with van der Waals surface area (Å²) in [5.41, 5.74) is 3.31. The maximum atomic E-state index is 13.1. The molecule has 2 fully saturated rings. The molecular formula is C27H35N5O. The van der Waals surface area contributed by atoms with E-state index in [4.69, 9.17) is 0 Å². The number of carbonyl (C=O) groups excluding carboxylic acids is 1. The van der Waals surface area contributed by atoms with Gasteiger partial charge in [-0.25, -0.2) is 4.98 Å². The van der Waals surface area contributed by atoms with Gasteiger partial charge in [0.1, 0.15) is 5.82 Å². The summed E-state index contributed by atoms with van der Waals surface area (Å²) in [6.45, 7) is 1.75. The van der Waals surface area contributed by atoms with Crippen molar-refractivity contribution in [2.24, 2.45) is 5.92 Å². The Hall–Kier alpha value is -2.89. The average Bonchev–Trinajstić information content (AvgIpc) is 3.28. The predicted octanol–water partition coefficient (Wildman–Crippen LogP) is 5.12. The number of hydrogen-bond acceptors (Lipinski definition) is 4. The highest BCUT2D eigenvalue weighted by Gasteiger charge is 2.24. The maximum Gasteiger partial charge on any atom is 0.222 e. The van der Waals surface area contributed by atoms with Crippen LogP contribution in [0.1, 0.15) is 62.6 Å². The summed E-state index contributed by atoms with van der Waals surface area (Å²) in [6.07, 6.45) is 12.6. The van der Waals surface area contributed by atoms with Crippen LogP contribution in [0, 0.1) is 5.92 Å². The highest BCUT2D eigenvalue weighted by Crippen LogP contribution is 2.28. The first-order valence-electron chi connectivity index (χ1n) is 12.7. The number of aryl methyl sites for hydroxylation is 1. The smallest absolute Gasteiger partial charge is 0.222 e. The summed E-state index contributed by atoms with van der Waals surface area (Å²) in [5.74, 6) is 1.71. The van der Waals surface area contributed by atoms with Gasteiger partial charge in [0.25, 0.3) is 0 Å². The van der Waals surface area contributed by atoms with Gasteiger partial charge in [0, 0.05) is 37.4 Å². The number of benzene rings is 1. The van der Waals surface area contributed by atoms with Gasteiger partial charge < -0.3 is 10.2 Å². The zero-order valence-corrected chi connectivity index (χ0v) is 19.4. The quantitative estimate of drug-likeness (QED) is 0.530. The van der Waals surface area contributed by atoms with E-state index in [1.54, 1.807) is 0 Å². The lowest BCUT2D eigenvalue weighted by molar-refractivity contribution is -0.133. The number of hydrogen-bond donors (Lipinski definition) is 2. The monoisotopic (exact) mass is 445 g/mol. The Balaban J connectivity index is 1.21. The molecule has 1 aliphatic carbocycles. The zero-order valence-electron chi connectivity index (χ0n) is 19.4. The van der Waals surface area contributed by atoms with Crippen LogP contribution < -0.4 is 5.32 Å². The van der Waals surface area contributed by atoms with E-state index >= 15 is 0 Å². The molecule has 2 aromatic heterocycles. The van der Waals surface area contributed by atoms with Gasteiger partial charge in [-0.1, -0.05) is 49.6 Å². The Labute approximate surface area is 196 Å². The van der Waals surface area contributed by atoms with Gasteiger partial charge in [0.2, 0.25) is 5.91 Å². The fourth-order valence-electron chi connectivity index (χ4n) is 5.55. The summed E-state index contributed by atoms with van der Waals surface area (Å²) >= 11 is 0. The number of H-pyrrole nitrogens is 1. The lowest BCUT2D eigenvalue weighted by Gasteiger charge is -2.33. The minimum Gasteiger partial charge on any atom is -0.367 e. The van der Waals surface area contributed by atoms with Crippen LogP contribution in [-0.2, 0) is 17.6 Å². The Morgan fingerprint density at radius 2 is 1.91 bits per heavy atom. The number of amides is 1. The number of pyridine rings is 1. The summed E-state index contributed by atoms with van der Waals surface area (Å²) in [5, 5.41) is 12.4. The number of aromatic amines is 1. The van der Waals surface area contributed by atoms with E-state index in [0.717, 1.165) is 48.3 Å². The van der Waals surface area contributed by atoms with Gasteiger partial charge in [0.15, 0.2) is 0 Å². The van der Waals surface area contributed by atoms with Crippen molar-refractivity contribution in [2.75, 3.05) is 18.4 Å². The molecule has 3 aromatic rings. The van der Waals surface area contributed by atoms with Crippen molar-refractivity contribution < 1.29 is 4.79 Å². The molecular weight excluding hydrogens is 410 g/mol. The second kappa shape index (κ2) is 10.4. The summed E-state index contributed by atoms with van der Waals surface area (Å²) in [7, 11) is 0. The normalized spacial score (nSPS) is 19.6. The van der Waals surface area contributed by atoms with E-state index in [-0.39, 0.29) is 5.91 Å². The minimum atomic E-state index is 0.251. The zero-order chi connectivity index (χ0) is 22.5. The molecule has 1 atom stereocenters. The van der Waals surface area contributed by atoms with Crippen LogP contribution in [0.3, 0.4) is 0 Å². The lowest BCUT2D eigenvalue weighted by atomic mass is 9.91. The Bertz CT molecular complexity index is 1060. The molecule has 0 bridgehead atoms. The molecule has 1 saturated heterocycles. The molecule has 1 saturated carbocycles. The highest BCUT2D eigenvalue weighted by molar-refractivity contribution is 5.92. The number of anilines is 1. The van der Waals surface area contributed by atoms with Crippen molar-refractivity contribution in [3.05, 3.63) is 53.9 Å². The number of aromatic nitrogens is 3. The minimum absolute atomic E-state index is 0.251. The molecule has 33 heavy (non-hydrogen) atoms. The van der Waals surface area contributed by atoms with Crippen LogP contribution >= 0.6 is 0 Å². The van der Waals surface area contributed by atoms with Crippen molar-refractivity contribution in [3.8, 4) is 0 Å². The molecule has 174 valence electrons. The Morgan fingerprint density at radius 3 is 2.76 bits per heavy atom. The maximum absolute atomic E-state index is 13.1. The van der Waals surface area contributed by atoms with Crippen LogP contribution in [0.5, 0.6) is 0 Å². The fraction of sp³-hybridized carbons (Fsp3) is 0.519. The standard InChI is InChI=1S/C27H35N5O/c33-25(32-17-7-10-21(19-32)18-20-8-3-1-4-9-20)14-13-23-26-24(31-30-23)15-16-28-27(26)29-22-11-5-2-6-12-22/h1,3-4,8-9,15-16,21-22H,2,5-7,10-14,17-19H2,(H,28,29)(H,30,31). The van der Waals surface area contributed by atoms with Gasteiger partial charge in [-0.3, -0.25) is 9.89 Å². The molecule has 6 nitrogen and oxygen atoms in total. The SMILES string of the molecule is O=C(CCc1[nH]nc2ccnc(NC3CCCCC3)c12)N1CCCC(Cc2ccccc2)C1. The van der Waals surface area contributed by atoms with E-state index in [1.165, 1.54) is 44.1 Å². The van der Waals surface area contributed by atoms with Gasteiger partial charge in [-0.05, 0) is 56.1 Å². The highest BCUT2D eigenvalue weighted by atomic mass is 16.2. The molecule has 1 aliphatic heterocycles. The van der Waals surface area contributed by atoms with E-state index in [0.29, 0.717) is 24.8 Å². The number of fused-ring (bicyclic) bond motifs is 1. The topological polar surface area (TPSA) is 73.9 Å². The molecule has 1 unspecified atom stereocenters. The Kier molecular flexibility index (Phi) is 6.89. The van der Waals surface area contributed by atoms with Crippen molar-refractivity contribution in [2.45, 2.75) is 70.3 Å². The van der Waals surface area contributed by atoms with Crippen molar-refractivity contribution in [1.82, 2.24) is 20.1 Å². The molecule has 3 heterocycles. The number of piperidine rings is 1. The Morgan fingerprint density at radius 1 is 1.06 bits per heavy atom. The van der Waals surface area contributed by atoms with E-state index in [9.17, 15) is 4.79 Å². The molecule has 2 N–H and O–H groups in total. The second-order valence-corrected chi connectivity index (χ2v) is 9.77. The molecule has 0 radical (unpaired) electrons. The van der Waals surface area contributed by atoms with Crippen LogP contribution in [0.4, 0.5) is 5.82 Å². The van der Waals surface area contributed by atoms with Crippen LogP contribution in [0.25, 0.3) is 10.9 Å². The summed E-state index contributed by atoms with van der Waals surface area (Å²) in [4.78, 5) is 19.8. The number of nitrogens with one attached hydrogen (secondary N) is 2. The third kappa shape index (κ3) is 5.37. The fourth-order valence-corrected chi connectivity index (χ4v) is 5.55. The van der Waals surface area contributed by atoms with Crippen molar-refractivity contribution in [3.63, 3.8) is 0 Å². The van der Waals surface area contributed by atoms with Crippen molar-refractivity contribution >= 4 is 22.6 Å². The molecule has 2 aliphatic rings. The summed E-state index contributed by atoms with van der Waals surface area (Å²) in [6, 6.07) is 13.1. The van der Waals surface area contributed by atoms with Gasteiger partial charge >= 0.3 is 0 Å². The number of nitrogens with zero attached hydrogens (tertiary/aromatic N) is 3. The van der Waals surface area contributed by atoms with Gasteiger partial charge in [-0.15, -0.1) is 0 Å². The van der Waals surface area contributed by atoms with Crippen LogP contribution in [-0.4, -0.2) is 45.1 Å². The first kappa shape index (κ1) is 21.9. The molecule has 6 heteroatoms. The third-order valence-electron chi connectivity index (χ3n) is 7.32. The third-order valence-corrected chi connectivity index (χ3v) is 7.32. The van der Waals surface area contributed by atoms with E-state index < -0.39 is 0 Å². The van der Waals surface area contributed by atoms with Gasteiger partial charge in [-0.2, -0.15) is 5.10 Å². The lowest BCUT2D eigenvalue weighted by Crippen LogP contribution is -2.40. The van der Waals surface area contributed by atoms with Crippen molar-refractivity contribution in [1.29, 1.82) is 0 Å².